The maximum absolute atomic E-state index is 11.4. The van der Waals surface area contributed by atoms with E-state index in [1.54, 1.807) is 18.7 Å². The molecule has 6 nitrogen and oxygen atoms in total. The first-order valence-electron chi connectivity index (χ1n) is 7.72. The highest BCUT2D eigenvalue weighted by Crippen LogP contribution is 2.22. The molecule has 2 heterocycles. The molecule has 23 heavy (non-hydrogen) atoms. The molecule has 6 heteroatoms. The fraction of sp³-hybridized carbons (Fsp3) is 0.353. The second-order valence-electron chi connectivity index (χ2n) is 5.47. The van der Waals surface area contributed by atoms with E-state index in [0.29, 0.717) is 12.2 Å². The summed E-state index contributed by atoms with van der Waals surface area (Å²) in [5.74, 6) is 0.725. The van der Waals surface area contributed by atoms with E-state index >= 15 is 0 Å². The summed E-state index contributed by atoms with van der Waals surface area (Å²) in [6.07, 6.45) is 6.33. The summed E-state index contributed by atoms with van der Waals surface area (Å²) < 4.78 is 12.8. The van der Waals surface area contributed by atoms with Crippen LogP contribution in [-0.2, 0) is 6.54 Å². The monoisotopic (exact) mass is 313 g/mol. The summed E-state index contributed by atoms with van der Waals surface area (Å²) in [5.41, 5.74) is 1.15. The predicted octanol–water partition coefficient (Wildman–Crippen LogP) is 2.94. The van der Waals surface area contributed by atoms with Crippen molar-refractivity contribution in [1.82, 2.24) is 14.8 Å². The Hall–Kier alpha value is -2.63. The van der Waals surface area contributed by atoms with Crippen LogP contribution in [0, 0.1) is 6.92 Å². The van der Waals surface area contributed by atoms with Crippen molar-refractivity contribution in [2.24, 2.45) is 0 Å². The first kappa shape index (κ1) is 15.3. The van der Waals surface area contributed by atoms with Crippen molar-refractivity contribution >= 4 is 11.0 Å². The van der Waals surface area contributed by atoms with Crippen molar-refractivity contribution in [2.75, 3.05) is 6.61 Å². The maximum Gasteiger partial charge on any atom is 0.336 e. The second-order valence-corrected chi connectivity index (χ2v) is 5.47. The van der Waals surface area contributed by atoms with E-state index < -0.39 is 0 Å². The maximum atomic E-state index is 11.4. The molecule has 0 N–H and O–H groups in total. The van der Waals surface area contributed by atoms with E-state index in [2.05, 4.69) is 10.1 Å². The van der Waals surface area contributed by atoms with E-state index in [0.717, 1.165) is 42.5 Å². The topological polar surface area (TPSA) is 70.2 Å². The Balaban J connectivity index is 1.48. The van der Waals surface area contributed by atoms with Gasteiger partial charge in [0.05, 0.1) is 6.61 Å². The number of nitrogens with zero attached hydrogens (tertiary/aromatic N) is 3. The number of aryl methyl sites for hydroxylation is 2. The first-order valence-corrected chi connectivity index (χ1v) is 7.72. The van der Waals surface area contributed by atoms with Crippen molar-refractivity contribution in [3.63, 3.8) is 0 Å². The van der Waals surface area contributed by atoms with Crippen LogP contribution < -0.4 is 10.4 Å². The van der Waals surface area contributed by atoms with Gasteiger partial charge in [-0.15, -0.1) is 0 Å². The largest absolute Gasteiger partial charge is 0.493 e. The van der Waals surface area contributed by atoms with Gasteiger partial charge in [-0.2, -0.15) is 5.10 Å². The third-order valence-corrected chi connectivity index (χ3v) is 3.69. The zero-order valence-corrected chi connectivity index (χ0v) is 13.1. The quantitative estimate of drug-likeness (QED) is 0.495. The Morgan fingerprint density at radius 1 is 1.22 bits per heavy atom. The van der Waals surface area contributed by atoms with Gasteiger partial charge in [0.15, 0.2) is 0 Å². The van der Waals surface area contributed by atoms with Crippen molar-refractivity contribution in [2.45, 2.75) is 32.7 Å². The van der Waals surface area contributed by atoms with Crippen molar-refractivity contribution < 1.29 is 9.15 Å². The lowest BCUT2D eigenvalue weighted by atomic mass is 10.1. The number of hydrogen-bond acceptors (Lipinski definition) is 5. The number of unbranched alkanes of at least 4 members (excludes halogenated alkanes) is 2. The van der Waals surface area contributed by atoms with E-state index in [4.69, 9.17) is 9.15 Å². The standard InChI is InChI=1S/C17H19N3O3/c1-13-9-17(21)23-16-10-14(5-6-15(13)16)22-8-4-2-3-7-20-12-18-11-19-20/h5-6,9-12H,2-4,7-8H2,1H3. The molecular formula is C17H19N3O3. The molecule has 3 rings (SSSR count). The minimum Gasteiger partial charge on any atom is -0.493 e. The van der Waals surface area contributed by atoms with Crippen LogP contribution >= 0.6 is 0 Å². The minimum atomic E-state index is -0.333. The van der Waals surface area contributed by atoms with Crippen LogP contribution in [0.4, 0.5) is 0 Å². The number of hydrogen-bond donors (Lipinski definition) is 0. The van der Waals surface area contributed by atoms with Crippen LogP contribution in [0.3, 0.4) is 0 Å². The summed E-state index contributed by atoms with van der Waals surface area (Å²) in [5, 5.41) is 5.00. The molecule has 0 bridgehead atoms. The van der Waals surface area contributed by atoms with Gasteiger partial charge in [-0.3, -0.25) is 4.68 Å². The van der Waals surface area contributed by atoms with Crippen LogP contribution in [-0.4, -0.2) is 21.4 Å². The number of aromatic nitrogens is 3. The molecular weight excluding hydrogens is 294 g/mol. The molecule has 1 aromatic carbocycles. The normalized spacial score (nSPS) is 11.0. The van der Waals surface area contributed by atoms with Crippen LogP contribution in [0.1, 0.15) is 24.8 Å². The van der Waals surface area contributed by atoms with Gasteiger partial charge in [-0.1, -0.05) is 0 Å². The van der Waals surface area contributed by atoms with Crippen LogP contribution in [0.15, 0.2) is 46.1 Å². The zero-order chi connectivity index (χ0) is 16.1. The first-order chi connectivity index (χ1) is 11.2. The van der Waals surface area contributed by atoms with E-state index in [1.165, 1.54) is 6.07 Å². The molecule has 3 aromatic rings. The average molecular weight is 313 g/mol. The van der Waals surface area contributed by atoms with E-state index in [-0.39, 0.29) is 5.63 Å². The average Bonchev–Trinajstić information content (AvgIpc) is 3.03. The van der Waals surface area contributed by atoms with Crippen molar-refractivity contribution in [3.8, 4) is 5.75 Å². The lowest BCUT2D eigenvalue weighted by molar-refractivity contribution is 0.303. The Labute approximate surface area is 133 Å². The van der Waals surface area contributed by atoms with Gasteiger partial charge in [-0.25, -0.2) is 9.78 Å². The molecule has 0 aliphatic heterocycles. The number of ether oxygens (including phenoxy) is 1. The van der Waals surface area contributed by atoms with Gasteiger partial charge >= 0.3 is 5.63 Å². The molecule has 0 fully saturated rings. The third kappa shape index (κ3) is 3.97. The Morgan fingerprint density at radius 2 is 2.13 bits per heavy atom. The Morgan fingerprint density at radius 3 is 2.96 bits per heavy atom. The highest BCUT2D eigenvalue weighted by atomic mass is 16.5. The SMILES string of the molecule is Cc1cc(=O)oc2cc(OCCCCCn3cncn3)ccc12. The highest BCUT2D eigenvalue weighted by molar-refractivity contribution is 5.81. The molecule has 0 saturated heterocycles. The lowest BCUT2D eigenvalue weighted by Gasteiger charge is -2.07. The lowest BCUT2D eigenvalue weighted by Crippen LogP contribution is -2.01. The highest BCUT2D eigenvalue weighted by Gasteiger charge is 2.04. The Bertz CT molecular complexity index is 825. The fourth-order valence-electron chi connectivity index (χ4n) is 2.49. The Kier molecular flexibility index (Phi) is 4.71. The molecule has 0 unspecified atom stereocenters. The third-order valence-electron chi connectivity index (χ3n) is 3.69. The summed E-state index contributed by atoms with van der Waals surface area (Å²) in [6, 6.07) is 7.11. The summed E-state index contributed by atoms with van der Waals surface area (Å²) in [6.45, 7) is 3.41. The molecule has 2 aromatic heterocycles. The summed E-state index contributed by atoms with van der Waals surface area (Å²) in [7, 11) is 0. The smallest absolute Gasteiger partial charge is 0.336 e. The molecule has 120 valence electrons. The summed E-state index contributed by atoms with van der Waals surface area (Å²) >= 11 is 0. The number of benzene rings is 1. The van der Waals surface area contributed by atoms with Crippen molar-refractivity contribution in [1.29, 1.82) is 0 Å². The second kappa shape index (κ2) is 7.09. The van der Waals surface area contributed by atoms with Crippen molar-refractivity contribution in [3.05, 3.63) is 52.9 Å². The molecule has 0 aliphatic rings. The molecule has 0 aliphatic carbocycles. The van der Waals surface area contributed by atoms with Crippen LogP contribution in [0.5, 0.6) is 5.75 Å². The van der Waals surface area contributed by atoms with Crippen LogP contribution in [0.2, 0.25) is 0 Å². The molecule has 0 atom stereocenters. The van der Waals surface area contributed by atoms with Gasteiger partial charge in [0.25, 0.3) is 0 Å². The zero-order valence-electron chi connectivity index (χ0n) is 13.1. The number of fused-ring (bicyclic) bond motifs is 1. The predicted molar refractivity (Wildman–Crippen MR) is 86.6 cm³/mol. The fourth-order valence-corrected chi connectivity index (χ4v) is 2.49. The molecule has 0 amide bonds. The molecule has 0 spiro atoms. The van der Waals surface area contributed by atoms with Crippen LogP contribution in [0.25, 0.3) is 11.0 Å². The summed E-state index contributed by atoms with van der Waals surface area (Å²) in [4.78, 5) is 15.3. The van der Waals surface area contributed by atoms with E-state index in [9.17, 15) is 4.79 Å². The van der Waals surface area contributed by atoms with Gasteiger partial charge in [0.2, 0.25) is 0 Å². The van der Waals surface area contributed by atoms with E-state index in [1.807, 2.05) is 23.7 Å². The van der Waals surface area contributed by atoms with Gasteiger partial charge in [-0.05, 0) is 43.9 Å². The molecule has 0 saturated carbocycles. The van der Waals surface area contributed by atoms with Gasteiger partial charge in [0.1, 0.15) is 24.0 Å². The number of rotatable bonds is 7. The molecule has 0 radical (unpaired) electrons. The minimum absolute atomic E-state index is 0.333. The van der Waals surface area contributed by atoms with Gasteiger partial charge in [0, 0.05) is 24.1 Å². The van der Waals surface area contributed by atoms with Gasteiger partial charge < -0.3 is 9.15 Å².